The van der Waals surface area contributed by atoms with Crippen LogP contribution in [0.3, 0.4) is 0 Å². The molecular formula is C36H56FN5O. The van der Waals surface area contributed by atoms with Crippen LogP contribution in [0.1, 0.15) is 118 Å². The maximum absolute atomic E-state index is 15.1. The molecule has 0 atom stereocenters. The molecule has 0 radical (unpaired) electrons. The minimum atomic E-state index is -0.520. The van der Waals surface area contributed by atoms with Gasteiger partial charge >= 0.3 is 0 Å². The Morgan fingerprint density at radius 2 is 1.77 bits per heavy atom. The normalized spacial score (nSPS) is 17.6. The monoisotopic (exact) mass is 593 g/mol. The number of anilines is 2. The molecule has 1 saturated heterocycles. The molecule has 1 saturated carbocycles. The number of carbonyl (C=O) groups is 1. The van der Waals surface area contributed by atoms with Crippen LogP contribution in [0.15, 0.2) is 54.4 Å². The zero-order chi connectivity index (χ0) is 32.0. The number of rotatable bonds is 10. The SMILES string of the molecule is C=C/C(=C(\C=C(/CC)c1nc(Nc2ccc(C3CCN(C)CC3)cn2)ncc1F)C(C)=O)C1(CC)CCCC1.CC.CC.[HH]. The van der Waals surface area contributed by atoms with Gasteiger partial charge in [-0.25, -0.2) is 19.3 Å². The highest BCUT2D eigenvalue weighted by Crippen LogP contribution is 2.48. The van der Waals surface area contributed by atoms with Gasteiger partial charge in [-0.05, 0) is 106 Å². The van der Waals surface area contributed by atoms with E-state index in [1.54, 1.807) is 6.92 Å². The van der Waals surface area contributed by atoms with Crippen molar-refractivity contribution in [3.05, 3.63) is 71.5 Å². The summed E-state index contributed by atoms with van der Waals surface area (Å²) < 4.78 is 15.1. The zero-order valence-corrected chi connectivity index (χ0v) is 27.9. The molecule has 7 heteroatoms. The highest BCUT2D eigenvalue weighted by Gasteiger charge is 2.36. The number of hydrogen-bond acceptors (Lipinski definition) is 6. The second-order valence-corrected chi connectivity index (χ2v) is 11.0. The molecule has 0 amide bonds. The Morgan fingerprint density at radius 3 is 2.28 bits per heavy atom. The molecule has 2 aromatic rings. The topological polar surface area (TPSA) is 71.0 Å². The number of piperidine rings is 1. The number of carbonyl (C=O) groups excluding carboxylic acids is 1. The van der Waals surface area contributed by atoms with Crippen molar-refractivity contribution in [1.82, 2.24) is 19.9 Å². The Balaban J connectivity index is 0.00000186. The summed E-state index contributed by atoms with van der Waals surface area (Å²) in [7, 11) is 2.16. The van der Waals surface area contributed by atoms with Crippen molar-refractivity contribution in [2.75, 3.05) is 25.5 Å². The number of likely N-dealkylation sites (tertiary alicyclic amines) is 1. The molecule has 43 heavy (non-hydrogen) atoms. The molecule has 2 fully saturated rings. The van der Waals surface area contributed by atoms with Crippen molar-refractivity contribution in [3.8, 4) is 0 Å². The molecule has 0 unspecified atom stereocenters. The van der Waals surface area contributed by atoms with Crippen LogP contribution < -0.4 is 5.32 Å². The van der Waals surface area contributed by atoms with E-state index in [0.29, 0.717) is 29.3 Å². The van der Waals surface area contributed by atoms with Gasteiger partial charge in [0.25, 0.3) is 0 Å². The number of ketones is 1. The van der Waals surface area contributed by atoms with Crippen molar-refractivity contribution < 1.29 is 10.6 Å². The lowest BCUT2D eigenvalue weighted by Crippen LogP contribution is -2.29. The van der Waals surface area contributed by atoms with Gasteiger partial charge in [0.1, 0.15) is 11.5 Å². The van der Waals surface area contributed by atoms with E-state index in [4.69, 9.17) is 0 Å². The molecule has 0 bridgehead atoms. The quantitative estimate of drug-likeness (QED) is 0.218. The maximum atomic E-state index is 15.1. The van der Waals surface area contributed by atoms with Crippen molar-refractivity contribution in [3.63, 3.8) is 0 Å². The highest BCUT2D eigenvalue weighted by molar-refractivity contribution is 5.99. The molecule has 2 aliphatic rings. The summed E-state index contributed by atoms with van der Waals surface area (Å²) in [5, 5.41) is 3.13. The van der Waals surface area contributed by atoms with Crippen LogP contribution in [-0.4, -0.2) is 45.8 Å². The summed E-state index contributed by atoms with van der Waals surface area (Å²) in [6.45, 7) is 20.0. The largest absolute Gasteiger partial charge is 0.309 e. The van der Waals surface area contributed by atoms with Gasteiger partial charge in [0.15, 0.2) is 11.6 Å². The first-order chi connectivity index (χ1) is 20.8. The Hall–Kier alpha value is -3.19. The summed E-state index contributed by atoms with van der Waals surface area (Å²) in [6.07, 6.45) is 14.8. The third kappa shape index (κ3) is 9.15. The summed E-state index contributed by atoms with van der Waals surface area (Å²) in [5.41, 5.74) is 3.60. The van der Waals surface area contributed by atoms with Crippen LogP contribution in [0.4, 0.5) is 16.2 Å². The van der Waals surface area contributed by atoms with Gasteiger partial charge in [0.2, 0.25) is 5.95 Å². The second-order valence-electron chi connectivity index (χ2n) is 11.0. The molecule has 4 rings (SSSR count). The number of aromatic nitrogens is 3. The Labute approximate surface area is 261 Å². The van der Waals surface area contributed by atoms with E-state index in [1.807, 2.05) is 59.0 Å². The lowest BCUT2D eigenvalue weighted by Gasteiger charge is -2.31. The van der Waals surface area contributed by atoms with E-state index in [-0.39, 0.29) is 24.3 Å². The smallest absolute Gasteiger partial charge is 0.229 e. The van der Waals surface area contributed by atoms with Crippen LogP contribution in [-0.2, 0) is 4.79 Å². The van der Waals surface area contributed by atoms with Gasteiger partial charge in [-0.2, -0.15) is 0 Å². The average Bonchev–Trinajstić information content (AvgIpc) is 3.53. The van der Waals surface area contributed by atoms with Crippen molar-refractivity contribution >= 4 is 23.1 Å². The predicted molar refractivity (Wildman–Crippen MR) is 181 cm³/mol. The summed E-state index contributed by atoms with van der Waals surface area (Å²) in [6, 6.07) is 4.02. The maximum Gasteiger partial charge on any atom is 0.229 e. The van der Waals surface area contributed by atoms with Gasteiger partial charge in [0.05, 0.1) is 6.20 Å². The molecule has 0 aromatic carbocycles. The van der Waals surface area contributed by atoms with Crippen molar-refractivity contribution in [1.29, 1.82) is 0 Å². The summed E-state index contributed by atoms with van der Waals surface area (Å²) in [4.78, 5) is 28.5. The molecular weight excluding hydrogens is 537 g/mol. The van der Waals surface area contributed by atoms with Gasteiger partial charge in [-0.15, -0.1) is 0 Å². The number of Topliss-reactive ketones (excluding diaryl/α,β-unsaturated/α-hetero) is 1. The van der Waals surface area contributed by atoms with Gasteiger partial charge in [-0.1, -0.05) is 73.1 Å². The van der Waals surface area contributed by atoms with Gasteiger partial charge in [0, 0.05) is 13.2 Å². The molecule has 1 aliphatic heterocycles. The standard InChI is InChI=1S/C32H42FN5O.2C2H6.H2/c1-6-23(19-26(22(4)39)27(7-2)32(8-3)15-9-10-16-32)30-28(33)21-35-31(37-30)36-29-12-11-25(20-34-29)24-13-17-38(5)18-14-24;2*1-2;/h7,11-12,19-21,24H,2,6,8-10,13-18H2,1,3-5H3,(H,34,35,36,37);2*1-2H3;1H/b23-19+,27-26-;;;. The minimum absolute atomic E-state index is 0. The fourth-order valence-corrected chi connectivity index (χ4v) is 6.19. The van der Waals surface area contributed by atoms with Crippen LogP contribution in [0.2, 0.25) is 0 Å². The molecule has 0 spiro atoms. The third-order valence-electron chi connectivity index (χ3n) is 8.65. The fourth-order valence-electron chi connectivity index (χ4n) is 6.19. The first-order valence-corrected chi connectivity index (χ1v) is 16.3. The highest BCUT2D eigenvalue weighted by atomic mass is 19.1. The van der Waals surface area contributed by atoms with E-state index in [9.17, 15) is 4.79 Å². The van der Waals surface area contributed by atoms with Crippen LogP contribution in [0.5, 0.6) is 0 Å². The van der Waals surface area contributed by atoms with E-state index in [2.05, 4.69) is 51.8 Å². The third-order valence-corrected chi connectivity index (χ3v) is 8.65. The van der Waals surface area contributed by atoms with E-state index in [0.717, 1.165) is 63.6 Å². The number of pyridine rings is 1. The van der Waals surface area contributed by atoms with E-state index < -0.39 is 5.82 Å². The molecule has 1 aliphatic carbocycles. The van der Waals surface area contributed by atoms with Crippen molar-refractivity contribution in [2.45, 2.75) is 106 Å². The molecule has 238 valence electrons. The number of nitrogens with one attached hydrogen (secondary N) is 1. The number of halogens is 1. The Morgan fingerprint density at radius 1 is 1.12 bits per heavy atom. The number of nitrogens with zero attached hydrogens (tertiary/aromatic N) is 4. The zero-order valence-electron chi connectivity index (χ0n) is 27.9. The summed E-state index contributed by atoms with van der Waals surface area (Å²) >= 11 is 0. The lowest BCUT2D eigenvalue weighted by atomic mass is 9.73. The number of allylic oxidation sites excluding steroid dienone is 5. The van der Waals surface area contributed by atoms with E-state index >= 15 is 4.39 Å². The lowest BCUT2D eigenvalue weighted by molar-refractivity contribution is -0.113. The minimum Gasteiger partial charge on any atom is -0.309 e. The van der Waals surface area contributed by atoms with Gasteiger partial charge < -0.3 is 10.2 Å². The average molecular weight is 594 g/mol. The second kappa shape index (κ2) is 17.8. The van der Waals surface area contributed by atoms with Crippen LogP contribution in [0, 0.1) is 11.2 Å². The number of hydrogen-bond donors (Lipinski definition) is 1. The molecule has 1 N–H and O–H groups in total. The fraction of sp³-hybridized carbons (Fsp3) is 0.556. The van der Waals surface area contributed by atoms with Crippen molar-refractivity contribution in [2.24, 2.45) is 5.41 Å². The van der Waals surface area contributed by atoms with Crippen LogP contribution >= 0.6 is 0 Å². The van der Waals surface area contributed by atoms with E-state index in [1.165, 1.54) is 11.8 Å². The molecule has 2 aromatic heterocycles. The first kappa shape index (κ1) is 36.0. The Kier molecular flexibility index (Phi) is 14.9. The molecule has 3 heterocycles. The Bertz CT molecular complexity index is 1240. The molecule has 6 nitrogen and oxygen atoms in total. The summed E-state index contributed by atoms with van der Waals surface area (Å²) in [5.74, 6) is 0.832. The first-order valence-electron chi connectivity index (χ1n) is 16.3. The predicted octanol–water partition coefficient (Wildman–Crippen LogP) is 9.70. The van der Waals surface area contributed by atoms with Gasteiger partial charge in [-0.3, -0.25) is 4.79 Å². The van der Waals surface area contributed by atoms with Crippen LogP contribution in [0.25, 0.3) is 5.57 Å².